The van der Waals surface area contributed by atoms with Gasteiger partial charge in [0.25, 0.3) is 0 Å². The molecule has 7 aromatic rings. The summed E-state index contributed by atoms with van der Waals surface area (Å²) in [5.41, 5.74) is 4.76. The second-order valence-corrected chi connectivity index (χ2v) is 12.5. The Kier molecular flexibility index (Phi) is 10.3. The molecule has 0 spiro atoms. The quantitative estimate of drug-likeness (QED) is 0.0642. The van der Waals surface area contributed by atoms with Gasteiger partial charge < -0.3 is 21.3 Å². The first-order valence-electron chi connectivity index (χ1n) is 17.2. The van der Waals surface area contributed by atoms with Crippen molar-refractivity contribution in [1.82, 2.24) is 31.2 Å². The van der Waals surface area contributed by atoms with Gasteiger partial charge in [-0.25, -0.2) is 0 Å². The molecule has 0 radical (unpaired) electrons. The first kappa shape index (κ1) is 32.8. The Labute approximate surface area is 291 Å². The van der Waals surface area contributed by atoms with Crippen molar-refractivity contribution in [3.8, 4) is 0 Å². The van der Waals surface area contributed by atoms with Gasteiger partial charge in [0.1, 0.15) is 5.92 Å². The predicted molar refractivity (Wildman–Crippen MR) is 202 cm³/mol. The van der Waals surface area contributed by atoms with Crippen LogP contribution in [0.2, 0.25) is 0 Å². The SMILES string of the molecule is O=C(NCCNCc1ccc2ccccc2n1)C(Cc1c2ccccc2cc2ccccc12)C(=O)NCCNCc1ccc2ccccc2n1. The van der Waals surface area contributed by atoms with Gasteiger partial charge in [-0.15, -0.1) is 0 Å². The average molecular weight is 661 g/mol. The molecule has 0 saturated heterocycles. The standard InChI is InChI=1S/C42H40N6O2/c49-41(45-23-21-43-27-33-19-17-29-9-3-7-15-39(29)47-33)38(26-37-35-13-5-1-11-31(35)25-32-12-2-6-14-36(32)37)42(50)46-24-22-44-28-34-20-18-30-10-4-8-16-40(30)48-34/h1-20,25,38,43-44H,21-24,26-28H2,(H,45,49)(H,46,50). The zero-order valence-electron chi connectivity index (χ0n) is 27.9. The molecular weight excluding hydrogens is 621 g/mol. The molecule has 50 heavy (non-hydrogen) atoms. The number of nitrogens with one attached hydrogen (secondary N) is 4. The van der Waals surface area contributed by atoms with E-state index in [2.05, 4.69) is 63.7 Å². The van der Waals surface area contributed by atoms with Crippen LogP contribution in [-0.4, -0.2) is 48.0 Å². The van der Waals surface area contributed by atoms with Gasteiger partial charge in [-0.1, -0.05) is 97.1 Å². The molecule has 0 saturated carbocycles. The molecule has 0 atom stereocenters. The van der Waals surface area contributed by atoms with E-state index in [1.807, 2.05) is 84.9 Å². The molecule has 0 fully saturated rings. The summed E-state index contributed by atoms with van der Waals surface area (Å²) in [4.78, 5) is 37.0. The van der Waals surface area contributed by atoms with Crippen molar-refractivity contribution in [1.29, 1.82) is 0 Å². The number of carbonyl (C=O) groups is 2. The summed E-state index contributed by atoms with van der Waals surface area (Å²) in [6.07, 6.45) is 0.280. The fourth-order valence-corrected chi connectivity index (χ4v) is 6.48. The number of benzene rings is 5. The summed E-state index contributed by atoms with van der Waals surface area (Å²) in [5, 5.41) is 19.3. The summed E-state index contributed by atoms with van der Waals surface area (Å²) in [6.45, 7) is 3.00. The lowest BCUT2D eigenvalue weighted by Crippen LogP contribution is -2.45. The van der Waals surface area contributed by atoms with E-state index in [9.17, 15) is 9.59 Å². The van der Waals surface area contributed by atoms with Crippen LogP contribution in [0.4, 0.5) is 0 Å². The van der Waals surface area contributed by atoms with Crippen LogP contribution in [0.3, 0.4) is 0 Å². The number of pyridine rings is 2. The third-order valence-electron chi connectivity index (χ3n) is 9.05. The van der Waals surface area contributed by atoms with Crippen LogP contribution >= 0.6 is 0 Å². The second kappa shape index (κ2) is 15.7. The highest BCUT2D eigenvalue weighted by atomic mass is 16.2. The molecule has 2 heterocycles. The van der Waals surface area contributed by atoms with E-state index in [0.717, 1.165) is 60.3 Å². The zero-order chi connectivity index (χ0) is 34.1. The van der Waals surface area contributed by atoms with Gasteiger partial charge in [0.05, 0.1) is 22.4 Å². The number of aromatic nitrogens is 2. The van der Waals surface area contributed by atoms with Gasteiger partial charge in [-0.2, -0.15) is 0 Å². The smallest absolute Gasteiger partial charge is 0.232 e. The molecule has 7 rings (SSSR count). The van der Waals surface area contributed by atoms with Gasteiger partial charge in [0.15, 0.2) is 0 Å². The highest BCUT2D eigenvalue weighted by Crippen LogP contribution is 2.30. The molecule has 4 N–H and O–H groups in total. The minimum absolute atomic E-state index is 0.280. The zero-order valence-corrected chi connectivity index (χ0v) is 27.9. The predicted octanol–water partition coefficient (Wildman–Crippen LogP) is 6.06. The fourth-order valence-electron chi connectivity index (χ4n) is 6.48. The third kappa shape index (κ3) is 7.78. The summed E-state index contributed by atoms with van der Waals surface area (Å²) >= 11 is 0. The van der Waals surface area contributed by atoms with Crippen molar-refractivity contribution in [3.05, 3.63) is 144 Å². The molecule has 0 bridgehead atoms. The molecule has 0 unspecified atom stereocenters. The number of nitrogens with zero attached hydrogens (tertiary/aromatic N) is 2. The van der Waals surface area contributed by atoms with Crippen LogP contribution < -0.4 is 21.3 Å². The van der Waals surface area contributed by atoms with E-state index >= 15 is 0 Å². The highest BCUT2D eigenvalue weighted by Gasteiger charge is 2.28. The Hall–Kier alpha value is -5.70. The van der Waals surface area contributed by atoms with Gasteiger partial charge in [-0.05, 0) is 63.9 Å². The Morgan fingerprint density at radius 3 is 1.44 bits per heavy atom. The van der Waals surface area contributed by atoms with Crippen molar-refractivity contribution in [2.45, 2.75) is 19.5 Å². The summed E-state index contributed by atoms with van der Waals surface area (Å²) in [5.74, 6) is -1.49. The number of fused-ring (bicyclic) bond motifs is 4. The third-order valence-corrected chi connectivity index (χ3v) is 9.05. The lowest BCUT2D eigenvalue weighted by Gasteiger charge is -2.20. The normalized spacial score (nSPS) is 11.5. The van der Waals surface area contributed by atoms with Crippen molar-refractivity contribution in [3.63, 3.8) is 0 Å². The summed E-state index contributed by atoms with van der Waals surface area (Å²) in [7, 11) is 0. The first-order chi connectivity index (χ1) is 24.6. The van der Waals surface area contributed by atoms with Crippen LogP contribution in [0.25, 0.3) is 43.4 Å². The van der Waals surface area contributed by atoms with E-state index in [-0.39, 0.29) is 18.2 Å². The minimum Gasteiger partial charge on any atom is -0.354 e. The Bertz CT molecular complexity index is 2130. The molecule has 2 amide bonds. The maximum atomic E-state index is 13.8. The van der Waals surface area contributed by atoms with Gasteiger partial charge in [0.2, 0.25) is 11.8 Å². The molecule has 8 heteroatoms. The lowest BCUT2D eigenvalue weighted by atomic mass is 9.89. The van der Waals surface area contributed by atoms with Crippen molar-refractivity contribution in [2.75, 3.05) is 26.2 Å². The van der Waals surface area contributed by atoms with Crippen molar-refractivity contribution >= 4 is 55.2 Å². The van der Waals surface area contributed by atoms with Crippen molar-refractivity contribution in [2.24, 2.45) is 5.92 Å². The first-order valence-corrected chi connectivity index (χ1v) is 17.2. The van der Waals surface area contributed by atoms with Crippen LogP contribution in [0.15, 0.2) is 127 Å². The average Bonchev–Trinajstić information content (AvgIpc) is 3.16. The number of para-hydroxylation sites is 2. The number of rotatable bonds is 14. The molecule has 0 aliphatic heterocycles. The van der Waals surface area contributed by atoms with E-state index in [4.69, 9.17) is 9.97 Å². The number of amides is 2. The minimum atomic E-state index is -0.909. The van der Waals surface area contributed by atoms with Gasteiger partial charge in [-0.3, -0.25) is 19.6 Å². The molecule has 0 aliphatic carbocycles. The van der Waals surface area contributed by atoms with Crippen molar-refractivity contribution < 1.29 is 9.59 Å². The second-order valence-electron chi connectivity index (χ2n) is 12.5. The molecular formula is C42H40N6O2. The Balaban J connectivity index is 1.00. The van der Waals surface area contributed by atoms with Crippen LogP contribution in [0, 0.1) is 5.92 Å². The van der Waals surface area contributed by atoms with Crippen LogP contribution in [-0.2, 0) is 29.1 Å². The van der Waals surface area contributed by atoms with Gasteiger partial charge >= 0.3 is 0 Å². The van der Waals surface area contributed by atoms with E-state index < -0.39 is 5.92 Å². The largest absolute Gasteiger partial charge is 0.354 e. The summed E-state index contributed by atoms with van der Waals surface area (Å²) in [6, 6.07) is 42.7. The van der Waals surface area contributed by atoms with Gasteiger partial charge in [0, 0.05) is 50.0 Å². The molecule has 8 nitrogen and oxygen atoms in total. The highest BCUT2D eigenvalue weighted by molar-refractivity contribution is 6.05. The topological polar surface area (TPSA) is 108 Å². The molecule has 250 valence electrons. The summed E-state index contributed by atoms with van der Waals surface area (Å²) < 4.78 is 0. The maximum absolute atomic E-state index is 13.8. The number of carbonyl (C=O) groups excluding carboxylic acids is 2. The van der Waals surface area contributed by atoms with E-state index in [0.29, 0.717) is 39.3 Å². The van der Waals surface area contributed by atoms with Crippen LogP contribution in [0.1, 0.15) is 17.0 Å². The van der Waals surface area contributed by atoms with E-state index in [1.54, 1.807) is 0 Å². The molecule has 5 aromatic carbocycles. The molecule has 0 aliphatic rings. The molecule has 2 aromatic heterocycles. The monoisotopic (exact) mass is 660 g/mol. The fraction of sp³-hybridized carbons (Fsp3) is 0.190. The van der Waals surface area contributed by atoms with E-state index in [1.165, 1.54) is 0 Å². The number of hydrogen-bond acceptors (Lipinski definition) is 6. The van der Waals surface area contributed by atoms with Crippen LogP contribution in [0.5, 0.6) is 0 Å². The maximum Gasteiger partial charge on any atom is 0.232 e. The Morgan fingerprint density at radius 2 is 0.940 bits per heavy atom. The number of hydrogen-bond donors (Lipinski definition) is 4. The lowest BCUT2D eigenvalue weighted by molar-refractivity contribution is -0.135. The Morgan fingerprint density at radius 1 is 0.500 bits per heavy atom.